The summed E-state index contributed by atoms with van der Waals surface area (Å²) in [5, 5.41) is 10.3. The Balaban J connectivity index is 2.10. The quantitative estimate of drug-likeness (QED) is 0.688. The number of oxazole rings is 1. The van der Waals surface area contributed by atoms with Gasteiger partial charge in [-0.2, -0.15) is 5.10 Å². The van der Waals surface area contributed by atoms with Crippen LogP contribution in [0.25, 0.3) is 22.4 Å². The van der Waals surface area contributed by atoms with Gasteiger partial charge in [-0.15, -0.1) is 0 Å². The number of hydrogen-bond donors (Lipinski definition) is 3. The SMILES string of the molecule is CNCc1[nH]nc(-c2ccc3[nH]c(=O)oc3c2)c1Br. The van der Waals surface area contributed by atoms with Gasteiger partial charge in [-0.1, -0.05) is 6.07 Å². The minimum absolute atomic E-state index is 0.455. The van der Waals surface area contributed by atoms with Gasteiger partial charge in [-0.25, -0.2) is 4.79 Å². The van der Waals surface area contributed by atoms with Crippen molar-refractivity contribution in [1.82, 2.24) is 20.5 Å². The second-order valence-electron chi connectivity index (χ2n) is 4.12. The molecule has 2 aromatic heterocycles. The molecule has 3 N–H and O–H groups in total. The Labute approximate surface area is 116 Å². The number of rotatable bonds is 3. The maximum atomic E-state index is 11.1. The minimum Gasteiger partial charge on any atom is -0.408 e. The Morgan fingerprint density at radius 2 is 2.32 bits per heavy atom. The number of hydrogen-bond acceptors (Lipinski definition) is 4. The molecule has 0 bridgehead atoms. The van der Waals surface area contributed by atoms with Crippen molar-refractivity contribution in [3.63, 3.8) is 0 Å². The standard InChI is InChI=1S/C12H11BrN4O2/c1-14-5-8-10(13)11(17-16-8)6-2-3-7-9(4-6)19-12(18)15-7/h2-4,14H,5H2,1H3,(H,15,18)(H,16,17). The Morgan fingerprint density at radius 1 is 1.47 bits per heavy atom. The topological polar surface area (TPSA) is 86.7 Å². The van der Waals surface area contributed by atoms with Gasteiger partial charge in [0.1, 0.15) is 5.69 Å². The lowest BCUT2D eigenvalue weighted by Gasteiger charge is -1.98. The first-order valence-electron chi connectivity index (χ1n) is 5.69. The highest BCUT2D eigenvalue weighted by atomic mass is 79.9. The number of H-pyrrole nitrogens is 2. The second kappa shape index (κ2) is 4.67. The van der Waals surface area contributed by atoms with Crippen LogP contribution in [0.1, 0.15) is 5.69 Å². The van der Waals surface area contributed by atoms with Gasteiger partial charge in [0.25, 0.3) is 0 Å². The molecule has 0 aliphatic rings. The van der Waals surface area contributed by atoms with E-state index in [1.165, 1.54) is 0 Å². The van der Waals surface area contributed by atoms with Crippen LogP contribution in [0.5, 0.6) is 0 Å². The molecule has 0 radical (unpaired) electrons. The van der Waals surface area contributed by atoms with E-state index in [0.717, 1.165) is 21.4 Å². The summed E-state index contributed by atoms with van der Waals surface area (Å²) in [4.78, 5) is 13.7. The van der Waals surface area contributed by atoms with E-state index in [1.807, 2.05) is 13.1 Å². The summed E-state index contributed by atoms with van der Waals surface area (Å²) >= 11 is 3.52. The number of nitrogens with one attached hydrogen (secondary N) is 3. The van der Waals surface area contributed by atoms with Gasteiger partial charge >= 0.3 is 5.76 Å². The highest BCUT2D eigenvalue weighted by Crippen LogP contribution is 2.30. The van der Waals surface area contributed by atoms with E-state index in [2.05, 4.69) is 36.4 Å². The number of aromatic amines is 2. The van der Waals surface area contributed by atoms with Crippen LogP contribution >= 0.6 is 15.9 Å². The van der Waals surface area contributed by atoms with E-state index in [9.17, 15) is 4.79 Å². The second-order valence-corrected chi connectivity index (χ2v) is 4.91. The van der Waals surface area contributed by atoms with Crippen molar-refractivity contribution in [2.45, 2.75) is 6.54 Å². The molecule has 0 fully saturated rings. The van der Waals surface area contributed by atoms with Crippen molar-refractivity contribution in [2.24, 2.45) is 0 Å². The molecule has 1 aromatic carbocycles. The van der Waals surface area contributed by atoms with Gasteiger partial charge in [0, 0.05) is 12.1 Å². The molecular formula is C12H11BrN4O2. The predicted molar refractivity (Wildman–Crippen MR) is 74.9 cm³/mol. The Kier molecular flexibility index (Phi) is 3.00. The Bertz CT molecular complexity index is 786. The fourth-order valence-electron chi connectivity index (χ4n) is 1.94. The minimum atomic E-state index is -0.455. The van der Waals surface area contributed by atoms with Gasteiger partial charge in [-0.05, 0) is 35.1 Å². The number of halogens is 1. The third-order valence-electron chi connectivity index (χ3n) is 2.82. The van der Waals surface area contributed by atoms with E-state index in [1.54, 1.807) is 12.1 Å². The Hall–Kier alpha value is -1.86. The lowest BCUT2D eigenvalue weighted by Crippen LogP contribution is -2.05. The van der Waals surface area contributed by atoms with Gasteiger partial charge in [-0.3, -0.25) is 10.1 Å². The fourth-order valence-corrected chi connectivity index (χ4v) is 2.49. The zero-order chi connectivity index (χ0) is 13.4. The maximum absolute atomic E-state index is 11.1. The van der Waals surface area contributed by atoms with Crippen LogP contribution in [0.3, 0.4) is 0 Å². The summed E-state index contributed by atoms with van der Waals surface area (Å²) in [5.41, 5.74) is 3.83. The molecule has 6 nitrogen and oxygen atoms in total. The lowest BCUT2D eigenvalue weighted by molar-refractivity contribution is 0.555. The molecule has 0 spiro atoms. The molecule has 2 heterocycles. The third-order valence-corrected chi connectivity index (χ3v) is 3.68. The van der Waals surface area contributed by atoms with E-state index >= 15 is 0 Å². The summed E-state index contributed by atoms with van der Waals surface area (Å²) < 4.78 is 5.95. The van der Waals surface area contributed by atoms with E-state index in [4.69, 9.17) is 4.42 Å². The molecule has 0 saturated heterocycles. The molecule has 3 rings (SSSR count). The largest absolute Gasteiger partial charge is 0.417 e. The number of aromatic nitrogens is 3. The molecule has 0 atom stereocenters. The molecule has 0 amide bonds. The monoisotopic (exact) mass is 322 g/mol. The number of fused-ring (bicyclic) bond motifs is 1. The Morgan fingerprint density at radius 3 is 3.11 bits per heavy atom. The average Bonchev–Trinajstić information content (AvgIpc) is 2.92. The summed E-state index contributed by atoms with van der Waals surface area (Å²) in [6, 6.07) is 5.48. The summed E-state index contributed by atoms with van der Waals surface area (Å²) in [5.74, 6) is -0.455. The van der Waals surface area contributed by atoms with Crippen molar-refractivity contribution in [2.75, 3.05) is 7.05 Å². The zero-order valence-corrected chi connectivity index (χ0v) is 11.7. The van der Waals surface area contributed by atoms with E-state index in [-0.39, 0.29) is 0 Å². The first kappa shape index (κ1) is 12.2. The van der Waals surface area contributed by atoms with Gasteiger partial charge in [0.15, 0.2) is 5.58 Å². The fraction of sp³-hybridized carbons (Fsp3) is 0.167. The van der Waals surface area contributed by atoms with Crippen LogP contribution < -0.4 is 11.1 Å². The molecule has 3 aromatic rings. The van der Waals surface area contributed by atoms with Crippen molar-refractivity contribution in [1.29, 1.82) is 0 Å². The first-order valence-corrected chi connectivity index (χ1v) is 6.49. The summed E-state index contributed by atoms with van der Waals surface area (Å²) in [7, 11) is 1.87. The van der Waals surface area contributed by atoms with E-state index in [0.29, 0.717) is 17.6 Å². The van der Waals surface area contributed by atoms with Crippen LogP contribution in [0, 0.1) is 0 Å². The van der Waals surface area contributed by atoms with Crippen LogP contribution in [0.15, 0.2) is 31.9 Å². The molecule has 98 valence electrons. The van der Waals surface area contributed by atoms with Crippen molar-refractivity contribution < 1.29 is 4.42 Å². The average molecular weight is 323 g/mol. The zero-order valence-electron chi connectivity index (χ0n) is 10.1. The highest BCUT2D eigenvalue weighted by Gasteiger charge is 2.13. The molecule has 7 heteroatoms. The maximum Gasteiger partial charge on any atom is 0.417 e. The van der Waals surface area contributed by atoms with Gasteiger partial charge < -0.3 is 9.73 Å². The molecule has 0 saturated carbocycles. The van der Waals surface area contributed by atoms with Gasteiger partial charge in [0.2, 0.25) is 0 Å². The van der Waals surface area contributed by atoms with Crippen molar-refractivity contribution in [3.8, 4) is 11.3 Å². The van der Waals surface area contributed by atoms with Crippen molar-refractivity contribution >= 4 is 27.0 Å². The van der Waals surface area contributed by atoms with Gasteiger partial charge in [0.05, 0.1) is 15.7 Å². The molecule has 0 aliphatic heterocycles. The van der Waals surface area contributed by atoms with Crippen molar-refractivity contribution in [3.05, 3.63) is 38.9 Å². The number of nitrogens with zero attached hydrogens (tertiary/aromatic N) is 1. The lowest BCUT2D eigenvalue weighted by atomic mass is 10.1. The first-order chi connectivity index (χ1) is 9.19. The van der Waals surface area contributed by atoms with Crippen LogP contribution in [0.2, 0.25) is 0 Å². The molecular weight excluding hydrogens is 312 g/mol. The smallest absolute Gasteiger partial charge is 0.408 e. The molecule has 19 heavy (non-hydrogen) atoms. The summed E-state index contributed by atoms with van der Waals surface area (Å²) in [6.07, 6.45) is 0. The molecule has 0 aliphatic carbocycles. The van der Waals surface area contributed by atoms with Crippen LogP contribution in [0.4, 0.5) is 0 Å². The molecule has 0 unspecified atom stereocenters. The normalized spacial score (nSPS) is 11.3. The predicted octanol–water partition coefficient (Wildman–Crippen LogP) is 1.99. The highest BCUT2D eigenvalue weighted by molar-refractivity contribution is 9.10. The summed E-state index contributed by atoms with van der Waals surface area (Å²) in [6.45, 7) is 0.690. The van der Waals surface area contributed by atoms with E-state index < -0.39 is 5.76 Å². The number of benzene rings is 1. The van der Waals surface area contributed by atoms with Crippen LogP contribution in [-0.4, -0.2) is 22.2 Å². The van der Waals surface area contributed by atoms with Crippen LogP contribution in [-0.2, 0) is 6.54 Å². The third kappa shape index (κ3) is 2.11.